The number of hydrogen-bond acceptors (Lipinski definition) is 1. The molecule has 0 aliphatic carbocycles. The summed E-state index contributed by atoms with van der Waals surface area (Å²) in [5, 5.41) is 0. The normalized spacial score (nSPS) is 12.9. The molecule has 0 radical (unpaired) electrons. The second kappa shape index (κ2) is 4.46. The fourth-order valence-electron chi connectivity index (χ4n) is 1.34. The summed E-state index contributed by atoms with van der Waals surface area (Å²) >= 11 is 0. The number of hydrogen-bond donors (Lipinski definition) is 1. The first-order valence-electron chi connectivity index (χ1n) is 4.46. The van der Waals surface area contributed by atoms with E-state index in [1.54, 1.807) is 0 Å². The van der Waals surface area contributed by atoms with Crippen LogP contribution in [0.25, 0.3) is 0 Å². The third-order valence-electron chi connectivity index (χ3n) is 2.05. The van der Waals surface area contributed by atoms with E-state index in [1.807, 2.05) is 6.92 Å². The summed E-state index contributed by atoms with van der Waals surface area (Å²) in [7, 11) is 0. The summed E-state index contributed by atoms with van der Waals surface area (Å²) in [6, 6.07) is 0.867. The third-order valence-corrected chi connectivity index (χ3v) is 2.05. The lowest BCUT2D eigenvalue weighted by Crippen LogP contribution is -2.14. The minimum absolute atomic E-state index is 0.355. The van der Waals surface area contributed by atoms with Gasteiger partial charge in [-0.2, -0.15) is 0 Å². The summed E-state index contributed by atoms with van der Waals surface area (Å²) in [5.74, 6) is -3.02. The average molecular weight is 203 g/mol. The molecule has 1 nitrogen and oxygen atoms in total. The van der Waals surface area contributed by atoms with E-state index in [1.165, 1.54) is 0 Å². The lowest BCUT2D eigenvalue weighted by Gasteiger charge is -2.12. The summed E-state index contributed by atoms with van der Waals surface area (Å²) in [5.41, 5.74) is 5.17. The molecule has 0 spiro atoms. The molecule has 1 aromatic carbocycles. The lowest BCUT2D eigenvalue weighted by molar-refractivity contribution is 0.457. The first-order valence-corrected chi connectivity index (χ1v) is 4.46. The zero-order chi connectivity index (χ0) is 10.7. The van der Waals surface area contributed by atoms with Gasteiger partial charge in [0.2, 0.25) is 0 Å². The Balaban J connectivity index is 3.11. The van der Waals surface area contributed by atoms with E-state index in [0.717, 1.165) is 12.1 Å². The van der Waals surface area contributed by atoms with Crippen molar-refractivity contribution in [1.29, 1.82) is 0 Å². The maximum absolute atomic E-state index is 13.1. The van der Waals surface area contributed by atoms with Gasteiger partial charge >= 0.3 is 0 Å². The van der Waals surface area contributed by atoms with Crippen molar-refractivity contribution in [3.05, 3.63) is 35.1 Å². The van der Waals surface area contributed by atoms with E-state index in [4.69, 9.17) is 5.73 Å². The zero-order valence-corrected chi connectivity index (χ0v) is 7.86. The van der Waals surface area contributed by atoms with Crippen LogP contribution in [-0.4, -0.2) is 0 Å². The Morgan fingerprint density at radius 2 is 1.79 bits per heavy atom. The second-order valence-electron chi connectivity index (χ2n) is 3.15. The Bertz CT molecular complexity index is 325. The molecular formula is C10H12F3N. The SMILES string of the molecule is CCCC(N)c1c(F)ccc(F)c1F. The molecule has 0 bridgehead atoms. The highest BCUT2D eigenvalue weighted by molar-refractivity contribution is 5.24. The Kier molecular flexibility index (Phi) is 3.52. The van der Waals surface area contributed by atoms with Gasteiger partial charge in [0, 0.05) is 11.6 Å². The highest BCUT2D eigenvalue weighted by atomic mass is 19.2. The molecule has 0 amide bonds. The molecule has 0 aliphatic rings. The maximum atomic E-state index is 13.1. The number of halogens is 3. The standard InChI is InChI=1S/C10H12F3N/c1-2-3-8(14)9-6(11)4-5-7(12)10(9)13/h4-5,8H,2-3,14H2,1H3. The van der Waals surface area contributed by atoms with Crippen molar-refractivity contribution in [3.8, 4) is 0 Å². The van der Waals surface area contributed by atoms with Crippen LogP contribution < -0.4 is 5.73 Å². The fraction of sp³-hybridized carbons (Fsp3) is 0.400. The van der Waals surface area contributed by atoms with Crippen LogP contribution in [0.5, 0.6) is 0 Å². The van der Waals surface area contributed by atoms with Crippen LogP contribution in [0.4, 0.5) is 13.2 Å². The van der Waals surface area contributed by atoms with Gasteiger partial charge in [0.1, 0.15) is 5.82 Å². The monoisotopic (exact) mass is 203 g/mol. The summed E-state index contributed by atoms with van der Waals surface area (Å²) in [6.45, 7) is 1.84. The van der Waals surface area contributed by atoms with Gasteiger partial charge in [0.25, 0.3) is 0 Å². The van der Waals surface area contributed by atoms with Crippen molar-refractivity contribution in [2.75, 3.05) is 0 Å². The van der Waals surface area contributed by atoms with E-state index in [-0.39, 0.29) is 5.56 Å². The molecule has 0 aliphatic heterocycles. The molecule has 4 heteroatoms. The van der Waals surface area contributed by atoms with Gasteiger partial charge < -0.3 is 5.73 Å². The molecule has 0 heterocycles. The fourth-order valence-corrected chi connectivity index (χ4v) is 1.34. The van der Waals surface area contributed by atoms with E-state index < -0.39 is 23.5 Å². The highest BCUT2D eigenvalue weighted by Gasteiger charge is 2.18. The predicted molar refractivity (Wildman–Crippen MR) is 48.2 cm³/mol. The van der Waals surface area contributed by atoms with Gasteiger partial charge in [-0.1, -0.05) is 13.3 Å². The van der Waals surface area contributed by atoms with Crippen LogP contribution in [0.3, 0.4) is 0 Å². The quantitative estimate of drug-likeness (QED) is 0.751. The van der Waals surface area contributed by atoms with Crippen LogP contribution in [0, 0.1) is 17.5 Å². The van der Waals surface area contributed by atoms with Crippen molar-refractivity contribution < 1.29 is 13.2 Å². The van der Waals surface area contributed by atoms with Crippen molar-refractivity contribution in [1.82, 2.24) is 0 Å². The van der Waals surface area contributed by atoms with E-state index in [0.29, 0.717) is 12.8 Å². The molecular weight excluding hydrogens is 191 g/mol. The molecule has 1 atom stereocenters. The first-order chi connectivity index (χ1) is 6.57. The molecule has 1 unspecified atom stereocenters. The molecule has 0 aromatic heterocycles. The molecule has 1 aromatic rings. The van der Waals surface area contributed by atoms with Crippen LogP contribution >= 0.6 is 0 Å². The Hall–Kier alpha value is -1.03. The first kappa shape index (κ1) is 11.0. The molecule has 0 fully saturated rings. The zero-order valence-electron chi connectivity index (χ0n) is 7.86. The minimum atomic E-state index is -1.18. The van der Waals surface area contributed by atoms with Crippen LogP contribution in [-0.2, 0) is 0 Å². The molecule has 78 valence electrons. The maximum Gasteiger partial charge on any atom is 0.166 e. The number of benzene rings is 1. The van der Waals surface area contributed by atoms with Gasteiger partial charge in [0.05, 0.1) is 0 Å². The summed E-state index contributed by atoms with van der Waals surface area (Å²) in [4.78, 5) is 0. The van der Waals surface area contributed by atoms with Gasteiger partial charge in [-0.05, 0) is 18.6 Å². The summed E-state index contributed by atoms with van der Waals surface area (Å²) in [6.07, 6.45) is 1.12. The third kappa shape index (κ3) is 2.07. The van der Waals surface area contributed by atoms with Crippen LogP contribution in [0.2, 0.25) is 0 Å². The molecule has 14 heavy (non-hydrogen) atoms. The predicted octanol–water partition coefficient (Wildman–Crippen LogP) is 2.90. The van der Waals surface area contributed by atoms with Gasteiger partial charge in [0.15, 0.2) is 11.6 Å². The molecule has 2 N–H and O–H groups in total. The summed E-state index contributed by atoms with van der Waals surface area (Å²) < 4.78 is 39.0. The Morgan fingerprint density at radius 3 is 2.36 bits per heavy atom. The van der Waals surface area contributed by atoms with Gasteiger partial charge in [-0.15, -0.1) is 0 Å². The van der Waals surface area contributed by atoms with E-state index >= 15 is 0 Å². The van der Waals surface area contributed by atoms with Crippen LogP contribution in [0.1, 0.15) is 31.4 Å². The van der Waals surface area contributed by atoms with Crippen LogP contribution in [0.15, 0.2) is 12.1 Å². The van der Waals surface area contributed by atoms with E-state index in [9.17, 15) is 13.2 Å². The van der Waals surface area contributed by atoms with Gasteiger partial charge in [-0.25, -0.2) is 13.2 Å². The van der Waals surface area contributed by atoms with Crippen molar-refractivity contribution >= 4 is 0 Å². The minimum Gasteiger partial charge on any atom is -0.324 e. The largest absolute Gasteiger partial charge is 0.324 e. The topological polar surface area (TPSA) is 26.0 Å². The number of nitrogens with two attached hydrogens (primary N) is 1. The highest BCUT2D eigenvalue weighted by Crippen LogP contribution is 2.24. The second-order valence-corrected chi connectivity index (χ2v) is 3.15. The number of rotatable bonds is 3. The average Bonchev–Trinajstić information content (AvgIpc) is 2.13. The lowest BCUT2D eigenvalue weighted by atomic mass is 10.0. The van der Waals surface area contributed by atoms with E-state index in [2.05, 4.69) is 0 Å². The van der Waals surface area contributed by atoms with Crippen molar-refractivity contribution in [3.63, 3.8) is 0 Å². The molecule has 0 saturated carbocycles. The van der Waals surface area contributed by atoms with Crippen molar-refractivity contribution in [2.24, 2.45) is 5.73 Å². The van der Waals surface area contributed by atoms with Gasteiger partial charge in [-0.3, -0.25) is 0 Å². The Labute approximate surface area is 80.7 Å². The molecule has 1 rings (SSSR count). The Morgan fingerprint density at radius 1 is 1.21 bits per heavy atom. The molecule has 0 saturated heterocycles. The smallest absolute Gasteiger partial charge is 0.166 e. The van der Waals surface area contributed by atoms with Crippen molar-refractivity contribution in [2.45, 2.75) is 25.8 Å².